The fourth-order valence-electron chi connectivity index (χ4n) is 1.34. The van der Waals surface area contributed by atoms with Crippen LogP contribution in [0.2, 0.25) is 0 Å². The van der Waals surface area contributed by atoms with Gasteiger partial charge in [-0.1, -0.05) is 18.3 Å². The Morgan fingerprint density at radius 1 is 1.26 bits per heavy atom. The van der Waals surface area contributed by atoms with Gasteiger partial charge in [-0.25, -0.2) is 8.42 Å². The molecule has 9 heteroatoms. The highest BCUT2D eigenvalue weighted by molar-refractivity contribution is 7.93. The number of rotatable bonds is 5. The smallest absolute Gasteiger partial charge is 0.263 e. The number of aryl methyl sites for hydroxylation is 1. The van der Waals surface area contributed by atoms with Crippen molar-refractivity contribution >= 4 is 32.2 Å². The molecule has 0 saturated heterocycles. The van der Waals surface area contributed by atoms with E-state index >= 15 is 0 Å². The van der Waals surface area contributed by atoms with E-state index in [1.165, 1.54) is 23.5 Å². The van der Waals surface area contributed by atoms with Gasteiger partial charge in [-0.3, -0.25) is 10.6 Å². The molecular formula is C10H13N5O2S2. The lowest BCUT2D eigenvalue weighted by Gasteiger charge is -2.05. The van der Waals surface area contributed by atoms with Crippen molar-refractivity contribution in [3.05, 3.63) is 29.3 Å². The number of nitrogen functional groups attached to an aromatic ring is 1. The molecule has 1 aromatic carbocycles. The number of nitrogens with two attached hydrogens (primary N) is 1. The summed E-state index contributed by atoms with van der Waals surface area (Å²) in [5, 5.41) is 8.67. The maximum Gasteiger partial charge on any atom is 0.263 e. The maximum atomic E-state index is 12.1. The van der Waals surface area contributed by atoms with Gasteiger partial charge >= 0.3 is 0 Å². The number of nitrogens with one attached hydrogen (secondary N) is 2. The molecule has 0 amide bonds. The minimum atomic E-state index is -3.64. The second-order valence-electron chi connectivity index (χ2n) is 3.63. The maximum absolute atomic E-state index is 12.1. The van der Waals surface area contributed by atoms with Crippen molar-refractivity contribution in [1.29, 1.82) is 0 Å². The van der Waals surface area contributed by atoms with Crippen LogP contribution in [0.25, 0.3) is 0 Å². The van der Waals surface area contributed by atoms with Crippen molar-refractivity contribution in [3.8, 4) is 0 Å². The van der Waals surface area contributed by atoms with E-state index in [4.69, 9.17) is 5.84 Å². The molecule has 102 valence electrons. The highest BCUT2D eigenvalue weighted by Crippen LogP contribution is 2.20. The summed E-state index contributed by atoms with van der Waals surface area (Å²) in [7, 11) is -3.64. The average Bonchev–Trinajstić information content (AvgIpc) is 2.85. The van der Waals surface area contributed by atoms with Crippen LogP contribution >= 0.6 is 11.3 Å². The average molecular weight is 299 g/mol. The van der Waals surface area contributed by atoms with Crippen LogP contribution in [0.4, 0.5) is 10.8 Å². The lowest BCUT2D eigenvalue weighted by molar-refractivity contribution is 0.601. The first-order valence-electron chi connectivity index (χ1n) is 5.47. The number of hydrogen-bond donors (Lipinski definition) is 3. The molecule has 19 heavy (non-hydrogen) atoms. The minimum absolute atomic E-state index is 0.139. The summed E-state index contributed by atoms with van der Waals surface area (Å²) >= 11 is 1.22. The topological polar surface area (TPSA) is 110 Å². The predicted molar refractivity (Wildman–Crippen MR) is 74.3 cm³/mol. The van der Waals surface area contributed by atoms with E-state index < -0.39 is 10.0 Å². The minimum Gasteiger partial charge on any atom is -0.324 e. The standard InChI is InChI=1S/C10H13N5O2S2/c1-2-9-13-14-10(18-9)15-19(16,17)8-5-3-7(12-11)4-6-8/h3-6,12H,2,11H2,1H3,(H,14,15). The summed E-state index contributed by atoms with van der Waals surface area (Å²) < 4.78 is 26.5. The van der Waals surface area contributed by atoms with Crippen molar-refractivity contribution in [2.45, 2.75) is 18.2 Å². The number of benzene rings is 1. The van der Waals surface area contributed by atoms with Crippen LogP contribution < -0.4 is 16.0 Å². The van der Waals surface area contributed by atoms with Gasteiger partial charge in [-0.05, 0) is 30.7 Å². The zero-order valence-corrected chi connectivity index (χ0v) is 11.8. The summed E-state index contributed by atoms with van der Waals surface area (Å²) in [6.45, 7) is 1.93. The van der Waals surface area contributed by atoms with Gasteiger partial charge in [-0.15, -0.1) is 10.2 Å². The molecule has 0 atom stereocenters. The first-order chi connectivity index (χ1) is 9.05. The third kappa shape index (κ3) is 3.19. The van der Waals surface area contributed by atoms with E-state index in [1.807, 2.05) is 6.92 Å². The molecule has 0 aliphatic heterocycles. The molecule has 0 unspecified atom stereocenters. The van der Waals surface area contributed by atoms with Gasteiger partial charge in [0.1, 0.15) is 5.01 Å². The fourth-order valence-corrected chi connectivity index (χ4v) is 3.25. The molecule has 0 radical (unpaired) electrons. The van der Waals surface area contributed by atoms with E-state index in [0.29, 0.717) is 5.69 Å². The molecule has 0 bridgehead atoms. The normalized spacial score (nSPS) is 11.3. The van der Waals surface area contributed by atoms with E-state index in [0.717, 1.165) is 11.4 Å². The van der Waals surface area contributed by atoms with Gasteiger partial charge in [0.25, 0.3) is 10.0 Å². The molecule has 0 fully saturated rings. The van der Waals surface area contributed by atoms with Crippen molar-refractivity contribution < 1.29 is 8.42 Å². The first kappa shape index (κ1) is 13.7. The molecule has 2 aromatic rings. The van der Waals surface area contributed by atoms with Crippen LogP contribution in [0.5, 0.6) is 0 Å². The molecule has 0 aliphatic rings. The fraction of sp³-hybridized carbons (Fsp3) is 0.200. The number of nitrogens with zero attached hydrogens (tertiary/aromatic N) is 2. The molecule has 1 aromatic heterocycles. The van der Waals surface area contributed by atoms with Crippen LogP contribution in [-0.4, -0.2) is 18.6 Å². The molecule has 0 spiro atoms. The number of sulfonamides is 1. The van der Waals surface area contributed by atoms with Crippen molar-refractivity contribution in [3.63, 3.8) is 0 Å². The Balaban J connectivity index is 2.21. The molecule has 1 heterocycles. The number of aromatic nitrogens is 2. The van der Waals surface area contributed by atoms with Crippen LogP contribution in [-0.2, 0) is 16.4 Å². The van der Waals surface area contributed by atoms with Crippen molar-refractivity contribution in [1.82, 2.24) is 10.2 Å². The quantitative estimate of drug-likeness (QED) is 0.565. The summed E-state index contributed by atoms with van der Waals surface area (Å²) in [5.74, 6) is 5.22. The van der Waals surface area contributed by atoms with Crippen LogP contribution in [0.15, 0.2) is 29.2 Å². The Hall–Kier alpha value is -1.71. The van der Waals surface area contributed by atoms with E-state index in [1.54, 1.807) is 12.1 Å². The second kappa shape index (κ2) is 5.51. The zero-order chi connectivity index (χ0) is 13.9. The van der Waals surface area contributed by atoms with E-state index in [2.05, 4.69) is 20.3 Å². The lowest BCUT2D eigenvalue weighted by Crippen LogP contribution is -2.13. The Bertz CT molecular complexity index is 651. The zero-order valence-electron chi connectivity index (χ0n) is 10.1. The molecule has 0 saturated carbocycles. The lowest BCUT2D eigenvalue weighted by atomic mass is 10.3. The van der Waals surface area contributed by atoms with Gasteiger partial charge in [0, 0.05) is 5.69 Å². The van der Waals surface area contributed by atoms with Gasteiger partial charge in [0.2, 0.25) is 5.13 Å². The predicted octanol–water partition coefficient (Wildman–Crippen LogP) is 1.19. The second-order valence-corrected chi connectivity index (χ2v) is 6.37. The first-order valence-corrected chi connectivity index (χ1v) is 7.77. The van der Waals surface area contributed by atoms with Crippen molar-refractivity contribution in [2.24, 2.45) is 5.84 Å². The van der Waals surface area contributed by atoms with Gasteiger partial charge in [-0.2, -0.15) is 0 Å². The number of hydrazine groups is 1. The Morgan fingerprint density at radius 2 is 1.95 bits per heavy atom. The summed E-state index contributed by atoms with van der Waals surface area (Å²) in [5.41, 5.74) is 3.06. The summed E-state index contributed by atoms with van der Waals surface area (Å²) in [6.07, 6.45) is 0.719. The Kier molecular flexibility index (Phi) is 3.98. The van der Waals surface area contributed by atoms with E-state index in [9.17, 15) is 8.42 Å². The van der Waals surface area contributed by atoms with Gasteiger partial charge < -0.3 is 5.43 Å². The third-order valence-corrected chi connectivity index (χ3v) is 4.79. The molecule has 4 N–H and O–H groups in total. The Morgan fingerprint density at radius 3 is 2.47 bits per heavy atom. The SMILES string of the molecule is CCc1nnc(NS(=O)(=O)c2ccc(NN)cc2)s1. The summed E-state index contributed by atoms with van der Waals surface area (Å²) in [6, 6.07) is 6.07. The highest BCUT2D eigenvalue weighted by atomic mass is 32.2. The van der Waals surface area contributed by atoms with Gasteiger partial charge in [0.15, 0.2) is 0 Å². The van der Waals surface area contributed by atoms with Crippen molar-refractivity contribution in [2.75, 3.05) is 10.1 Å². The van der Waals surface area contributed by atoms with Crippen LogP contribution in [0, 0.1) is 0 Å². The monoisotopic (exact) mass is 299 g/mol. The summed E-state index contributed by atoms with van der Waals surface area (Å²) in [4.78, 5) is 0.139. The molecule has 2 rings (SSSR count). The van der Waals surface area contributed by atoms with Crippen LogP contribution in [0.1, 0.15) is 11.9 Å². The highest BCUT2D eigenvalue weighted by Gasteiger charge is 2.16. The number of anilines is 2. The van der Waals surface area contributed by atoms with Crippen LogP contribution in [0.3, 0.4) is 0 Å². The largest absolute Gasteiger partial charge is 0.324 e. The third-order valence-electron chi connectivity index (χ3n) is 2.32. The van der Waals surface area contributed by atoms with E-state index in [-0.39, 0.29) is 10.0 Å². The van der Waals surface area contributed by atoms with Gasteiger partial charge in [0.05, 0.1) is 4.90 Å². The number of hydrogen-bond acceptors (Lipinski definition) is 7. The molecular weight excluding hydrogens is 286 g/mol. The molecule has 7 nitrogen and oxygen atoms in total. The Labute approximate surface area is 114 Å². The molecule has 0 aliphatic carbocycles.